The standard InChI is InChI=1S/C17H21N3O3S/c1-22-17(21)13-9-11-5-2-3-6-12(11)20(13)10-15-18-16(19-23-15)14-7-4-8-24-14/h4,7-8,11-13H,2-3,5-6,9-10H2,1H3/t11-,12+,13+/m1/s1. The fourth-order valence-corrected chi connectivity index (χ4v) is 4.78. The Morgan fingerprint density at radius 3 is 3.12 bits per heavy atom. The molecule has 2 aromatic rings. The number of esters is 1. The van der Waals surface area contributed by atoms with Gasteiger partial charge in [0.2, 0.25) is 11.7 Å². The first-order valence-corrected chi connectivity index (χ1v) is 9.34. The maximum atomic E-state index is 12.2. The van der Waals surface area contributed by atoms with Crippen LogP contribution in [0.25, 0.3) is 10.7 Å². The zero-order valence-electron chi connectivity index (χ0n) is 13.7. The Bertz CT molecular complexity index is 700. The van der Waals surface area contributed by atoms with Crippen LogP contribution in [0.4, 0.5) is 0 Å². The van der Waals surface area contributed by atoms with E-state index in [2.05, 4.69) is 15.0 Å². The quantitative estimate of drug-likeness (QED) is 0.792. The van der Waals surface area contributed by atoms with Gasteiger partial charge in [-0.15, -0.1) is 11.3 Å². The fourth-order valence-electron chi connectivity index (χ4n) is 4.13. The lowest BCUT2D eigenvalue weighted by Crippen LogP contribution is -2.42. The summed E-state index contributed by atoms with van der Waals surface area (Å²) in [6.07, 6.45) is 5.67. The zero-order valence-corrected chi connectivity index (χ0v) is 14.5. The number of aromatic nitrogens is 2. The van der Waals surface area contributed by atoms with Crippen LogP contribution in [-0.2, 0) is 16.1 Å². The van der Waals surface area contributed by atoms with Gasteiger partial charge in [0.15, 0.2) is 0 Å². The predicted octanol–water partition coefficient (Wildman–Crippen LogP) is 3.10. The molecule has 2 aromatic heterocycles. The molecule has 6 nitrogen and oxygen atoms in total. The fraction of sp³-hybridized carbons (Fsp3) is 0.588. The van der Waals surface area contributed by atoms with E-state index in [1.165, 1.54) is 26.4 Å². The van der Waals surface area contributed by atoms with Gasteiger partial charge in [0.25, 0.3) is 0 Å². The van der Waals surface area contributed by atoms with Crippen molar-refractivity contribution in [2.75, 3.05) is 7.11 Å². The van der Waals surface area contributed by atoms with E-state index in [0.717, 1.165) is 17.7 Å². The second-order valence-corrected chi connectivity index (χ2v) is 7.50. The average Bonchev–Trinajstić information content (AvgIpc) is 3.34. The second-order valence-electron chi connectivity index (χ2n) is 6.55. The molecule has 0 unspecified atom stereocenters. The van der Waals surface area contributed by atoms with Crippen molar-refractivity contribution in [3.63, 3.8) is 0 Å². The number of nitrogens with zero attached hydrogens (tertiary/aromatic N) is 3. The molecular formula is C17H21N3O3S. The minimum Gasteiger partial charge on any atom is -0.468 e. The van der Waals surface area contributed by atoms with Gasteiger partial charge in [-0.25, -0.2) is 0 Å². The number of hydrogen-bond acceptors (Lipinski definition) is 7. The monoisotopic (exact) mass is 347 g/mol. The van der Waals surface area contributed by atoms with Crippen LogP contribution >= 0.6 is 11.3 Å². The van der Waals surface area contributed by atoms with Gasteiger partial charge in [-0.3, -0.25) is 9.69 Å². The summed E-state index contributed by atoms with van der Waals surface area (Å²) >= 11 is 1.59. The molecule has 1 saturated heterocycles. The molecule has 0 spiro atoms. The van der Waals surface area contributed by atoms with Crippen LogP contribution in [0, 0.1) is 5.92 Å². The molecule has 0 aromatic carbocycles. The van der Waals surface area contributed by atoms with E-state index in [4.69, 9.17) is 9.26 Å². The van der Waals surface area contributed by atoms with Crippen molar-refractivity contribution in [3.05, 3.63) is 23.4 Å². The third-order valence-electron chi connectivity index (χ3n) is 5.22. The summed E-state index contributed by atoms with van der Waals surface area (Å²) in [7, 11) is 1.46. The molecule has 1 aliphatic carbocycles. The summed E-state index contributed by atoms with van der Waals surface area (Å²) in [5.41, 5.74) is 0. The minimum absolute atomic E-state index is 0.151. The van der Waals surface area contributed by atoms with Gasteiger partial charge in [-0.2, -0.15) is 4.98 Å². The summed E-state index contributed by atoms with van der Waals surface area (Å²) < 4.78 is 10.5. The Morgan fingerprint density at radius 2 is 2.33 bits per heavy atom. The van der Waals surface area contributed by atoms with Crippen molar-refractivity contribution >= 4 is 17.3 Å². The third kappa shape index (κ3) is 2.86. The highest BCUT2D eigenvalue weighted by Crippen LogP contribution is 2.40. The van der Waals surface area contributed by atoms with E-state index in [1.54, 1.807) is 11.3 Å². The lowest BCUT2D eigenvalue weighted by atomic mass is 9.85. The number of thiophene rings is 1. The number of fused-ring (bicyclic) bond motifs is 1. The van der Waals surface area contributed by atoms with Crippen molar-refractivity contribution in [1.29, 1.82) is 0 Å². The van der Waals surface area contributed by atoms with E-state index in [9.17, 15) is 4.79 Å². The maximum Gasteiger partial charge on any atom is 0.323 e. The number of ether oxygens (including phenoxy) is 1. The average molecular weight is 347 g/mol. The van der Waals surface area contributed by atoms with Gasteiger partial charge in [-0.05, 0) is 36.6 Å². The molecule has 24 heavy (non-hydrogen) atoms. The van der Waals surface area contributed by atoms with Crippen LogP contribution in [0.1, 0.15) is 38.0 Å². The first-order valence-electron chi connectivity index (χ1n) is 8.46. The van der Waals surface area contributed by atoms with Crippen LogP contribution in [-0.4, -0.2) is 40.2 Å². The molecule has 4 rings (SSSR count). The normalized spacial score (nSPS) is 27.1. The van der Waals surface area contributed by atoms with Gasteiger partial charge in [0.1, 0.15) is 6.04 Å². The van der Waals surface area contributed by atoms with Gasteiger partial charge < -0.3 is 9.26 Å². The van der Waals surface area contributed by atoms with Gasteiger partial charge in [0.05, 0.1) is 18.5 Å². The number of rotatable bonds is 4. The van der Waals surface area contributed by atoms with Crippen molar-refractivity contribution in [2.24, 2.45) is 5.92 Å². The van der Waals surface area contributed by atoms with E-state index < -0.39 is 0 Å². The van der Waals surface area contributed by atoms with Crippen LogP contribution in [0.5, 0.6) is 0 Å². The van der Waals surface area contributed by atoms with Crippen LogP contribution in [0.2, 0.25) is 0 Å². The van der Waals surface area contributed by atoms with Crippen molar-refractivity contribution in [1.82, 2.24) is 15.0 Å². The Morgan fingerprint density at radius 1 is 1.46 bits per heavy atom. The minimum atomic E-state index is -0.194. The molecule has 0 N–H and O–H groups in total. The van der Waals surface area contributed by atoms with E-state index in [1.807, 2.05) is 17.5 Å². The summed E-state index contributed by atoms with van der Waals surface area (Å²) in [4.78, 5) is 19.9. The van der Waals surface area contributed by atoms with Gasteiger partial charge >= 0.3 is 5.97 Å². The molecule has 7 heteroatoms. The number of likely N-dealkylation sites (tertiary alicyclic amines) is 1. The first kappa shape index (κ1) is 15.8. The van der Waals surface area contributed by atoms with E-state index >= 15 is 0 Å². The Kier molecular flexibility index (Phi) is 4.37. The molecule has 3 atom stereocenters. The maximum absolute atomic E-state index is 12.2. The summed E-state index contributed by atoms with van der Waals surface area (Å²) in [5, 5.41) is 6.07. The third-order valence-corrected chi connectivity index (χ3v) is 6.09. The predicted molar refractivity (Wildman–Crippen MR) is 89.3 cm³/mol. The summed E-state index contributed by atoms with van der Waals surface area (Å²) in [5.74, 6) is 1.61. The van der Waals surface area contributed by atoms with Gasteiger partial charge in [0, 0.05) is 6.04 Å². The number of methoxy groups -OCH3 is 1. The summed E-state index contributed by atoms with van der Waals surface area (Å²) in [6, 6.07) is 4.17. The highest BCUT2D eigenvalue weighted by atomic mass is 32.1. The SMILES string of the molecule is COC(=O)[C@@H]1C[C@H]2CCCC[C@@H]2N1Cc1nc(-c2cccs2)no1. The Balaban J connectivity index is 1.55. The van der Waals surface area contributed by atoms with E-state index in [0.29, 0.717) is 30.2 Å². The molecule has 0 radical (unpaired) electrons. The van der Waals surface area contributed by atoms with Crippen molar-refractivity contribution in [3.8, 4) is 10.7 Å². The Labute approximate surface area is 144 Å². The van der Waals surface area contributed by atoms with Crippen LogP contribution < -0.4 is 0 Å². The molecule has 0 bridgehead atoms. The van der Waals surface area contributed by atoms with Gasteiger partial charge in [-0.1, -0.05) is 24.1 Å². The molecule has 2 fully saturated rings. The molecule has 0 amide bonds. The zero-order chi connectivity index (χ0) is 16.5. The molecule has 2 aliphatic rings. The van der Waals surface area contributed by atoms with Crippen molar-refractivity contribution in [2.45, 2.75) is 50.7 Å². The number of carbonyl (C=O) groups is 1. The number of hydrogen-bond donors (Lipinski definition) is 0. The lowest BCUT2D eigenvalue weighted by Gasteiger charge is -2.32. The number of carbonyl (C=O) groups excluding carboxylic acids is 1. The molecule has 3 heterocycles. The van der Waals surface area contributed by atoms with Crippen LogP contribution in [0.3, 0.4) is 0 Å². The largest absolute Gasteiger partial charge is 0.468 e. The molecule has 1 aliphatic heterocycles. The van der Waals surface area contributed by atoms with Crippen LogP contribution in [0.15, 0.2) is 22.0 Å². The first-order chi connectivity index (χ1) is 11.8. The molecule has 128 valence electrons. The second kappa shape index (κ2) is 6.64. The molecule has 1 saturated carbocycles. The lowest BCUT2D eigenvalue weighted by molar-refractivity contribution is -0.146. The smallest absolute Gasteiger partial charge is 0.323 e. The van der Waals surface area contributed by atoms with E-state index in [-0.39, 0.29) is 12.0 Å². The topological polar surface area (TPSA) is 68.5 Å². The Hall–Kier alpha value is -1.73. The van der Waals surface area contributed by atoms with Crippen molar-refractivity contribution < 1.29 is 14.1 Å². The highest BCUT2D eigenvalue weighted by molar-refractivity contribution is 7.13. The molecular weight excluding hydrogens is 326 g/mol. The highest BCUT2D eigenvalue weighted by Gasteiger charge is 2.46. The summed E-state index contributed by atoms with van der Waals surface area (Å²) in [6.45, 7) is 0.513.